The molecule has 0 unspecified atom stereocenters. The minimum atomic E-state index is -0.473. The van der Waals surface area contributed by atoms with Crippen LogP contribution < -0.4 is 15.5 Å². The fourth-order valence-corrected chi connectivity index (χ4v) is 3.31. The third-order valence-electron chi connectivity index (χ3n) is 4.58. The second-order valence-corrected chi connectivity index (χ2v) is 6.55. The number of halogens is 1. The maximum atomic E-state index is 13.4. The summed E-state index contributed by atoms with van der Waals surface area (Å²) in [5.74, 6) is -0.685. The first kappa shape index (κ1) is 17.7. The molecule has 3 aromatic carbocycles. The van der Waals surface area contributed by atoms with Gasteiger partial charge in [0.15, 0.2) is 0 Å². The topological polar surface area (TPSA) is 61.4 Å². The predicted molar refractivity (Wildman–Crippen MR) is 107 cm³/mol. The molecule has 6 heteroatoms. The van der Waals surface area contributed by atoms with Crippen LogP contribution in [-0.4, -0.2) is 11.8 Å². The van der Waals surface area contributed by atoms with Crippen LogP contribution in [0.5, 0.6) is 0 Å². The van der Waals surface area contributed by atoms with E-state index in [0.29, 0.717) is 16.9 Å². The molecule has 0 aromatic heterocycles. The van der Waals surface area contributed by atoms with Gasteiger partial charge in [-0.2, -0.15) is 0 Å². The van der Waals surface area contributed by atoms with Gasteiger partial charge in [0.1, 0.15) is 12.0 Å². The summed E-state index contributed by atoms with van der Waals surface area (Å²) in [7, 11) is 0. The van der Waals surface area contributed by atoms with Gasteiger partial charge in [-0.25, -0.2) is 4.39 Å². The molecule has 2 N–H and O–H groups in total. The number of rotatable bonds is 3. The Morgan fingerprint density at radius 3 is 2.36 bits per heavy atom. The van der Waals surface area contributed by atoms with Crippen LogP contribution >= 0.6 is 0 Å². The highest BCUT2D eigenvalue weighted by Crippen LogP contribution is 2.36. The number of carbonyl (C=O) groups excluding carboxylic acids is 2. The molecule has 4 rings (SSSR count). The SMILES string of the molecule is CC(=O)Nc1ccc([C@H]2Nc3ccccc3C(=O)N2c2ccc(F)cc2)cc1. The maximum absolute atomic E-state index is 13.4. The first-order valence-electron chi connectivity index (χ1n) is 8.85. The summed E-state index contributed by atoms with van der Waals surface area (Å²) in [4.78, 5) is 26.1. The number of nitrogens with zero attached hydrogens (tertiary/aromatic N) is 1. The Bertz CT molecular complexity index is 1030. The third kappa shape index (κ3) is 3.32. The largest absolute Gasteiger partial charge is 0.360 e. The second kappa shape index (κ2) is 7.15. The molecular formula is C22H18FN3O2. The van der Waals surface area contributed by atoms with Crippen molar-refractivity contribution in [2.75, 3.05) is 15.5 Å². The van der Waals surface area contributed by atoms with E-state index in [1.807, 2.05) is 30.3 Å². The van der Waals surface area contributed by atoms with Crippen molar-refractivity contribution >= 4 is 28.9 Å². The van der Waals surface area contributed by atoms with E-state index in [2.05, 4.69) is 10.6 Å². The van der Waals surface area contributed by atoms with E-state index in [4.69, 9.17) is 0 Å². The van der Waals surface area contributed by atoms with Crippen molar-refractivity contribution < 1.29 is 14.0 Å². The minimum absolute atomic E-state index is 0.152. The van der Waals surface area contributed by atoms with Crippen molar-refractivity contribution in [2.24, 2.45) is 0 Å². The highest BCUT2D eigenvalue weighted by atomic mass is 19.1. The predicted octanol–water partition coefficient (Wildman–Crippen LogP) is 4.56. The van der Waals surface area contributed by atoms with Crippen LogP contribution in [0.2, 0.25) is 0 Å². The lowest BCUT2D eigenvalue weighted by Crippen LogP contribution is -2.43. The normalized spacial score (nSPS) is 15.6. The number of para-hydroxylation sites is 1. The summed E-state index contributed by atoms with van der Waals surface area (Å²) in [5, 5.41) is 6.12. The molecule has 28 heavy (non-hydrogen) atoms. The first-order valence-corrected chi connectivity index (χ1v) is 8.85. The Labute approximate surface area is 161 Å². The number of fused-ring (bicyclic) bond motifs is 1. The summed E-state index contributed by atoms with van der Waals surface area (Å²) in [6, 6.07) is 20.4. The summed E-state index contributed by atoms with van der Waals surface area (Å²) < 4.78 is 13.4. The van der Waals surface area contributed by atoms with E-state index in [1.165, 1.54) is 19.1 Å². The molecule has 0 radical (unpaired) electrons. The van der Waals surface area contributed by atoms with Crippen LogP contribution in [-0.2, 0) is 4.79 Å². The standard InChI is InChI=1S/C22H18FN3O2/c1-14(27)24-17-10-6-15(7-11-17)21-25-20-5-3-2-4-19(20)22(28)26(21)18-12-8-16(23)9-13-18/h2-13,21,25H,1H3,(H,24,27)/t21-/m0/s1. The van der Waals surface area contributed by atoms with Crippen molar-refractivity contribution in [3.8, 4) is 0 Å². The highest BCUT2D eigenvalue weighted by molar-refractivity contribution is 6.12. The molecule has 1 atom stereocenters. The van der Waals surface area contributed by atoms with Crippen LogP contribution in [0.15, 0.2) is 72.8 Å². The maximum Gasteiger partial charge on any atom is 0.262 e. The van der Waals surface area contributed by atoms with E-state index in [-0.39, 0.29) is 17.6 Å². The van der Waals surface area contributed by atoms with Crippen molar-refractivity contribution in [2.45, 2.75) is 13.1 Å². The number of nitrogens with one attached hydrogen (secondary N) is 2. The zero-order valence-electron chi connectivity index (χ0n) is 15.1. The summed E-state index contributed by atoms with van der Waals surface area (Å²) >= 11 is 0. The van der Waals surface area contributed by atoms with Crippen LogP contribution in [0.4, 0.5) is 21.5 Å². The van der Waals surface area contributed by atoms with Crippen LogP contribution in [0.25, 0.3) is 0 Å². The van der Waals surface area contributed by atoms with Gasteiger partial charge in [0.05, 0.1) is 5.56 Å². The van der Waals surface area contributed by atoms with Gasteiger partial charge >= 0.3 is 0 Å². The molecule has 2 amide bonds. The number of hydrogen-bond donors (Lipinski definition) is 2. The number of anilines is 3. The Hall–Kier alpha value is -3.67. The van der Waals surface area contributed by atoms with E-state index < -0.39 is 6.17 Å². The summed E-state index contributed by atoms with van der Waals surface area (Å²) in [6.07, 6.45) is -0.473. The number of amides is 2. The minimum Gasteiger partial charge on any atom is -0.360 e. The molecule has 1 heterocycles. The Kier molecular flexibility index (Phi) is 4.53. The molecule has 3 aromatic rings. The molecule has 0 bridgehead atoms. The molecule has 0 spiro atoms. The molecule has 0 fully saturated rings. The monoisotopic (exact) mass is 375 g/mol. The van der Waals surface area contributed by atoms with Gasteiger partial charge in [0.25, 0.3) is 5.91 Å². The van der Waals surface area contributed by atoms with Crippen molar-refractivity contribution in [3.05, 3.63) is 89.7 Å². The van der Waals surface area contributed by atoms with E-state index in [0.717, 1.165) is 11.3 Å². The van der Waals surface area contributed by atoms with E-state index in [9.17, 15) is 14.0 Å². The van der Waals surface area contributed by atoms with E-state index in [1.54, 1.807) is 35.2 Å². The highest BCUT2D eigenvalue weighted by Gasteiger charge is 2.33. The third-order valence-corrected chi connectivity index (χ3v) is 4.58. The lowest BCUT2D eigenvalue weighted by molar-refractivity contribution is -0.114. The molecule has 140 valence electrons. The first-order chi connectivity index (χ1) is 13.5. The molecule has 1 aliphatic heterocycles. The van der Waals surface area contributed by atoms with Crippen LogP contribution in [0, 0.1) is 5.82 Å². The molecule has 1 aliphatic rings. The average Bonchev–Trinajstić information content (AvgIpc) is 2.69. The van der Waals surface area contributed by atoms with Gasteiger partial charge in [-0.1, -0.05) is 24.3 Å². The lowest BCUT2D eigenvalue weighted by atomic mass is 10.0. The lowest BCUT2D eigenvalue weighted by Gasteiger charge is -2.38. The molecule has 0 saturated heterocycles. The van der Waals surface area contributed by atoms with Crippen molar-refractivity contribution in [1.82, 2.24) is 0 Å². The second-order valence-electron chi connectivity index (χ2n) is 6.55. The van der Waals surface area contributed by atoms with Crippen molar-refractivity contribution in [3.63, 3.8) is 0 Å². The van der Waals surface area contributed by atoms with Crippen molar-refractivity contribution in [1.29, 1.82) is 0 Å². The summed E-state index contributed by atoms with van der Waals surface area (Å²) in [6.45, 7) is 1.45. The molecule has 0 saturated carbocycles. The fourth-order valence-electron chi connectivity index (χ4n) is 3.31. The van der Waals surface area contributed by atoms with E-state index >= 15 is 0 Å². The van der Waals surface area contributed by atoms with Gasteiger partial charge in [-0.15, -0.1) is 0 Å². The number of carbonyl (C=O) groups is 2. The Morgan fingerprint density at radius 1 is 1.00 bits per heavy atom. The van der Waals surface area contributed by atoms with Gasteiger partial charge in [0.2, 0.25) is 5.91 Å². The molecule has 0 aliphatic carbocycles. The Balaban J connectivity index is 1.77. The fraction of sp³-hybridized carbons (Fsp3) is 0.0909. The van der Waals surface area contributed by atoms with Crippen LogP contribution in [0.1, 0.15) is 29.0 Å². The molecular weight excluding hydrogens is 357 g/mol. The number of hydrogen-bond acceptors (Lipinski definition) is 3. The van der Waals surface area contributed by atoms with Crippen LogP contribution in [0.3, 0.4) is 0 Å². The average molecular weight is 375 g/mol. The molecule has 5 nitrogen and oxygen atoms in total. The zero-order chi connectivity index (χ0) is 19.7. The quantitative estimate of drug-likeness (QED) is 0.706. The van der Waals surface area contributed by atoms with Gasteiger partial charge in [-0.3, -0.25) is 14.5 Å². The van der Waals surface area contributed by atoms with Gasteiger partial charge in [-0.05, 0) is 54.1 Å². The van der Waals surface area contributed by atoms with Gasteiger partial charge < -0.3 is 10.6 Å². The number of benzene rings is 3. The van der Waals surface area contributed by atoms with Gasteiger partial charge in [0, 0.05) is 24.0 Å². The smallest absolute Gasteiger partial charge is 0.262 e. The summed E-state index contributed by atoms with van der Waals surface area (Å²) in [5.41, 5.74) is 3.39. The Morgan fingerprint density at radius 2 is 1.68 bits per heavy atom. The zero-order valence-corrected chi connectivity index (χ0v) is 15.1.